The number of aliphatic hydroxyl groups excluding tert-OH is 1. The van der Waals surface area contributed by atoms with Crippen molar-refractivity contribution >= 4 is 27.5 Å². The van der Waals surface area contributed by atoms with E-state index in [9.17, 15) is 9.50 Å². The van der Waals surface area contributed by atoms with Crippen LogP contribution in [0.4, 0.5) is 4.39 Å². The predicted octanol–water partition coefficient (Wildman–Crippen LogP) is 4.54. The van der Waals surface area contributed by atoms with Crippen LogP contribution < -0.4 is 0 Å². The first-order chi connectivity index (χ1) is 9.35. The van der Waals surface area contributed by atoms with Gasteiger partial charge in [0.25, 0.3) is 0 Å². The quantitative estimate of drug-likeness (QED) is 0.796. The van der Waals surface area contributed by atoms with Crippen LogP contribution in [0.25, 0.3) is 0 Å². The normalized spacial score (nSPS) is 19.1. The summed E-state index contributed by atoms with van der Waals surface area (Å²) in [7, 11) is 0. The van der Waals surface area contributed by atoms with E-state index in [1.165, 1.54) is 6.42 Å². The Balaban J connectivity index is 2.29. The van der Waals surface area contributed by atoms with Gasteiger partial charge in [0.05, 0.1) is 11.1 Å². The summed E-state index contributed by atoms with van der Waals surface area (Å²) in [5.74, 6) is -0.543. The molecule has 0 spiro atoms. The van der Waals surface area contributed by atoms with Crippen molar-refractivity contribution in [2.24, 2.45) is 0 Å². The van der Waals surface area contributed by atoms with Crippen LogP contribution in [0.2, 0.25) is 5.02 Å². The van der Waals surface area contributed by atoms with Crippen molar-refractivity contribution in [3.8, 4) is 0 Å². The van der Waals surface area contributed by atoms with Gasteiger partial charge in [-0.05, 0) is 61.8 Å². The minimum absolute atomic E-state index is 0.0241. The number of benzene rings is 1. The molecule has 1 fully saturated rings. The van der Waals surface area contributed by atoms with Crippen LogP contribution in [0.15, 0.2) is 16.6 Å². The van der Waals surface area contributed by atoms with Gasteiger partial charge in [-0.15, -0.1) is 0 Å². The molecule has 5 heteroatoms. The second-order valence-corrected chi connectivity index (χ2v) is 7.10. The first-order valence-corrected chi connectivity index (χ1v) is 8.09. The number of nitrogens with zero attached hydrogens (tertiary/aromatic N) is 1. The molecule has 1 heterocycles. The summed E-state index contributed by atoms with van der Waals surface area (Å²) in [6.07, 6.45) is 2.56. The fraction of sp³-hybridized carbons (Fsp3) is 0.600. The van der Waals surface area contributed by atoms with Crippen molar-refractivity contribution in [1.82, 2.24) is 4.90 Å². The highest BCUT2D eigenvalue weighted by Gasteiger charge is 2.37. The van der Waals surface area contributed by atoms with Crippen LogP contribution in [0.5, 0.6) is 0 Å². The Morgan fingerprint density at radius 2 is 1.90 bits per heavy atom. The predicted molar refractivity (Wildman–Crippen MR) is 83.6 cm³/mol. The molecule has 1 unspecified atom stereocenters. The fourth-order valence-corrected chi connectivity index (χ4v) is 3.25. The number of rotatable bonds is 3. The maximum Gasteiger partial charge on any atom is 0.148 e. The van der Waals surface area contributed by atoms with E-state index in [1.54, 1.807) is 12.1 Å². The lowest BCUT2D eigenvalue weighted by molar-refractivity contribution is -0.0225. The monoisotopic (exact) mass is 363 g/mol. The van der Waals surface area contributed by atoms with Crippen molar-refractivity contribution < 1.29 is 9.50 Å². The highest BCUT2D eigenvalue weighted by atomic mass is 79.9. The van der Waals surface area contributed by atoms with Gasteiger partial charge in [-0.25, -0.2) is 4.39 Å². The maximum absolute atomic E-state index is 14.3. The van der Waals surface area contributed by atoms with E-state index in [0.717, 1.165) is 25.9 Å². The van der Waals surface area contributed by atoms with Crippen LogP contribution in [-0.2, 0) is 0 Å². The van der Waals surface area contributed by atoms with Gasteiger partial charge >= 0.3 is 0 Å². The molecule has 0 saturated carbocycles. The second kappa shape index (κ2) is 6.30. The Bertz CT molecular complexity index is 489. The molecule has 1 aliphatic heterocycles. The lowest BCUT2D eigenvalue weighted by atomic mass is 9.87. The van der Waals surface area contributed by atoms with Gasteiger partial charge in [0.2, 0.25) is 0 Å². The SMILES string of the molecule is CC(C)(C(O)c1ccc(Br)c(Cl)c1F)N1CCCCC1. The molecular weight excluding hydrogens is 345 g/mol. The number of hydrogen-bond donors (Lipinski definition) is 1. The average Bonchev–Trinajstić information content (AvgIpc) is 2.45. The van der Waals surface area contributed by atoms with Crippen LogP contribution >= 0.6 is 27.5 Å². The molecule has 0 amide bonds. The third-order valence-electron chi connectivity index (χ3n) is 4.20. The topological polar surface area (TPSA) is 23.5 Å². The van der Waals surface area contributed by atoms with Gasteiger partial charge in [-0.2, -0.15) is 0 Å². The maximum atomic E-state index is 14.3. The molecule has 1 saturated heterocycles. The summed E-state index contributed by atoms with van der Waals surface area (Å²) in [5.41, 5.74) is -0.257. The Hall–Kier alpha value is -0.160. The Morgan fingerprint density at radius 1 is 1.30 bits per heavy atom. The molecule has 1 aromatic carbocycles. The highest BCUT2D eigenvalue weighted by Crippen LogP contribution is 2.37. The first kappa shape index (κ1) is 16.2. The molecule has 0 radical (unpaired) electrons. The molecule has 112 valence electrons. The van der Waals surface area contributed by atoms with Crippen LogP contribution in [0, 0.1) is 5.82 Å². The Labute approximate surface area is 133 Å². The molecule has 2 nitrogen and oxygen atoms in total. The van der Waals surface area contributed by atoms with Gasteiger partial charge in [-0.3, -0.25) is 4.90 Å². The zero-order valence-corrected chi connectivity index (χ0v) is 14.1. The zero-order chi connectivity index (χ0) is 14.9. The van der Waals surface area contributed by atoms with Crippen molar-refractivity contribution in [1.29, 1.82) is 0 Å². The summed E-state index contributed by atoms with van der Waals surface area (Å²) in [6, 6.07) is 3.28. The minimum atomic E-state index is -0.911. The van der Waals surface area contributed by atoms with Gasteiger partial charge in [0.15, 0.2) is 0 Å². The molecule has 20 heavy (non-hydrogen) atoms. The molecule has 0 aliphatic carbocycles. The number of likely N-dealkylation sites (tertiary alicyclic amines) is 1. The van der Waals surface area contributed by atoms with Gasteiger partial charge in [0, 0.05) is 15.6 Å². The Kier molecular flexibility index (Phi) is 5.11. The van der Waals surface area contributed by atoms with Crippen molar-refractivity contribution in [2.75, 3.05) is 13.1 Å². The molecule has 1 N–H and O–H groups in total. The number of aliphatic hydroxyl groups is 1. The van der Waals surface area contributed by atoms with Gasteiger partial charge < -0.3 is 5.11 Å². The summed E-state index contributed by atoms with van der Waals surface area (Å²) in [5, 5.41) is 10.7. The number of halogens is 3. The molecule has 0 aromatic heterocycles. The van der Waals surface area contributed by atoms with E-state index < -0.39 is 17.5 Å². The van der Waals surface area contributed by atoms with E-state index in [4.69, 9.17) is 11.6 Å². The smallest absolute Gasteiger partial charge is 0.148 e. The van der Waals surface area contributed by atoms with Gasteiger partial charge in [0.1, 0.15) is 5.82 Å². The molecule has 1 aromatic rings. The van der Waals surface area contributed by atoms with Crippen molar-refractivity contribution in [3.05, 3.63) is 33.0 Å². The minimum Gasteiger partial charge on any atom is -0.386 e. The number of hydrogen-bond acceptors (Lipinski definition) is 2. The van der Waals surface area contributed by atoms with Crippen LogP contribution in [0.1, 0.15) is 44.8 Å². The third kappa shape index (κ3) is 3.03. The largest absolute Gasteiger partial charge is 0.386 e. The second-order valence-electron chi connectivity index (χ2n) is 5.87. The summed E-state index contributed by atoms with van der Waals surface area (Å²) in [4.78, 5) is 2.23. The average molecular weight is 365 g/mol. The van der Waals surface area contributed by atoms with E-state index in [0.29, 0.717) is 4.47 Å². The zero-order valence-electron chi connectivity index (χ0n) is 11.8. The lowest BCUT2D eigenvalue weighted by Gasteiger charge is -2.44. The van der Waals surface area contributed by atoms with Crippen LogP contribution in [0.3, 0.4) is 0 Å². The first-order valence-electron chi connectivity index (χ1n) is 6.92. The van der Waals surface area contributed by atoms with E-state index in [1.807, 2.05) is 13.8 Å². The highest BCUT2D eigenvalue weighted by molar-refractivity contribution is 9.10. The fourth-order valence-electron chi connectivity index (χ4n) is 2.78. The van der Waals surface area contributed by atoms with E-state index >= 15 is 0 Å². The number of piperidine rings is 1. The molecule has 1 atom stereocenters. The molecule has 1 aliphatic rings. The standard InChI is InChI=1S/C15H20BrClFNO/c1-15(2,19-8-4-3-5-9-19)14(20)10-6-7-11(16)12(17)13(10)18/h6-7,14,20H,3-5,8-9H2,1-2H3. The lowest BCUT2D eigenvalue weighted by Crippen LogP contribution is -2.50. The third-order valence-corrected chi connectivity index (χ3v) is 5.46. The summed E-state index contributed by atoms with van der Waals surface area (Å²) in [6.45, 7) is 5.79. The van der Waals surface area contributed by atoms with Gasteiger partial charge in [-0.1, -0.05) is 24.1 Å². The molecule has 0 bridgehead atoms. The van der Waals surface area contributed by atoms with Crippen molar-refractivity contribution in [3.63, 3.8) is 0 Å². The van der Waals surface area contributed by atoms with Crippen molar-refractivity contribution in [2.45, 2.75) is 44.8 Å². The summed E-state index contributed by atoms with van der Waals surface area (Å²) < 4.78 is 14.8. The van der Waals surface area contributed by atoms with E-state index in [2.05, 4.69) is 20.8 Å². The Morgan fingerprint density at radius 3 is 2.50 bits per heavy atom. The van der Waals surface area contributed by atoms with Crippen LogP contribution in [-0.4, -0.2) is 28.6 Å². The summed E-state index contributed by atoms with van der Waals surface area (Å²) >= 11 is 9.11. The molecule has 2 rings (SSSR count). The van der Waals surface area contributed by atoms with E-state index in [-0.39, 0.29) is 10.6 Å². The molecular formula is C15H20BrClFNO.